The molecule has 2 unspecified atom stereocenters. The van der Waals surface area contributed by atoms with Gasteiger partial charge in [-0.1, -0.05) is 18.2 Å². The molecular formula is C16H16F3NO2S. The Morgan fingerprint density at radius 2 is 1.96 bits per heavy atom. The maximum atomic E-state index is 13.0. The molecule has 0 aliphatic heterocycles. The first-order valence-corrected chi connectivity index (χ1v) is 9.18. The molecule has 0 aromatic carbocycles. The highest BCUT2D eigenvalue weighted by Crippen LogP contribution is 2.49. The Balaban J connectivity index is 2.05. The van der Waals surface area contributed by atoms with Crippen LogP contribution in [0.25, 0.3) is 0 Å². The summed E-state index contributed by atoms with van der Waals surface area (Å²) in [6.45, 7) is 0. The quantitative estimate of drug-likeness (QED) is 0.842. The monoisotopic (exact) mass is 343 g/mol. The number of pyridine rings is 1. The van der Waals surface area contributed by atoms with Crippen LogP contribution in [0.2, 0.25) is 0 Å². The molecule has 0 radical (unpaired) electrons. The number of alkyl halides is 3. The van der Waals surface area contributed by atoms with Crippen molar-refractivity contribution in [1.29, 1.82) is 0 Å². The minimum Gasteiger partial charge on any atom is -0.263 e. The number of hydrogen-bond donors (Lipinski definition) is 0. The van der Waals surface area contributed by atoms with Crippen molar-refractivity contribution in [3.63, 3.8) is 0 Å². The van der Waals surface area contributed by atoms with Crippen molar-refractivity contribution in [3.8, 4) is 0 Å². The molecule has 2 aliphatic rings. The van der Waals surface area contributed by atoms with Gasteiger partial charge >= 0.3 is 6.18 Å². The van der Waals surface area contributed by atoms with Crippen LogP contribution in [0.1, 0.15) is 24.3 Å². The Hall–Kier alpha value is -1.63. The summed E-state index contributed by atoms with van der Waals surface area (Å²) < 4.78 is 62.8. The van der Waals surface area contributed by atoms with E-state index in [2.05, 4.69) is 4.98 Å². The van der Waals surface area contributed by atoms with E-state index in [0.717, 1.165) is 25.2 Å². The van der Waals surface area contributed by atoms with Crippen molar-refractivity contribution >= 4 is 9.84 Å². The lowest BCUT2D eigenvalue weighted by atomic mass is 9.78. The molecular weight excluding hydrogens is 327 g/mol. The highest BCUT2D eigenvalue weighted by atomic mass is 32.2. The molecule has 3 rings (SSSR count). The topological polar surface area (TPSA) is 47.0 Å². The van der Waals surface area contributed by atoms with E-state index in [-0.39, 0.29) is 22.6 Å². The van der Waals surface area contributed by atoms with E-state index in [0.29, 0.717) is 5.56 Å². The SMILES string of the molecule is CS(=O)(=O)c1cnccc1C1C=CC(C(F)(F)F)=CC1C1CC1. The second kappa shape index (κ2) is 5.47. The van der Waals surface area contributed by atoms with Crippen LogP contribution >= 0.6 is 0 Å². The lowest BCUT2D eigenvalue weighted by molar-refractivity contribution is -0.0890. The van der Waals surface area contributed by atoms with Gasteiger partial charge in [0.25, 0.3) is 0 Å². The number of halogens is 3. The molecule has 1 aromatic heterocycles. The molecule has 0 N–H and O–H groups in total. The zero-order valence-electron chi connectivity index (χ0n) is 12.4. The summed E-state index contributed by atoms with van der Waals surface area (Å²) in [5.74, 6) is -0.538. The average molecular weight is 343 g/mol. The maximum absolute atomic E-state index is 13.0. The van der Waals surface area contributed by atoms with Crippen molar-refractivity contribution in [2.45, 2.75) is 29.8 Å². The molecule has 1 saturated carbocycles. The fraction of sp³-hybridized carbons (Fsp3) is 0.438. The van der Waals surface area contributed by atoms with Gasteiger partial charge < -0.3 is 0 Å². The van der Waals surface area contributed by atoms with E-state index in [1.165, 1.54) is 24.5 Å². The van der Waals surface area contributed by atoms with Crippen LogP contribution < -0.4 is 0 Å². The third-order valence-corrected chi connectivity index (χ3v) is 5.48. The molecule has 0 amide bonds. The summed E-state index contributed by atoms with van der Waals surface area (Å²) >= 11 is 0. The summed E-state index contributed by atoms with van der Waals surface area (Å²) in [5.41, 5.74) is -0.131. The van der Waals surface area contributed by atoms with Crippen LogP contribution in [0.3, 0.4) is 0 Å². The van der Waals surface area contributed by atoms with Gasteiger partial charge in [0.2, 0.25) is 0 Å². The Kier molecular flexibility index (Phi) is 3.86. The Labute approximate surface area is 132 Å². The fourth-order valence-corrected chi connectivity index (χ4v) is 3.97. The second-order valence-corrected chi connectivity index (χ2v) is 8.09. The van der Waals surface area contributed by atoms with Crippen LogP contribution in [0.15, 0.2) is 47.2 Å². The van der Waals surface area contributed by atoms with Gasteiger partial charge in [0.05, 0.1) is 10.5 Å². The molecule has 124 valence electrons. The third kappa shape index (κ3) is 3.34. The van der Waals surface area contributed by atoms with Crippen molar-refractivity contribution < 1.29 is 21.6 Å². The molecule has 7 heteroatoms. The predicted octanol–water partition coefficient (Wildman–Crippen LogP) is 3.65. The number of sulfone groups is 1. The van der Waals surface area contributed by atoms with Crippen LogP contribution in [0.5, 0.6) is 0 Å². The summed E-state index contributed by atoms with van der Waals surface area (Å²) in [7, 11) is -3.49. The molecule has 1 fully saturated rings. The second-order valence-electron chi connectivity index (χ2n) is 6.11. The lowest BCUT2D eigenvalue weighted by Gasteiger charge is -2.28. The number of aromatic nitrogens is 1. The molecule has 3 nitrogen and oxygen atoms in total. The third-order valence-electron chi connectivity index (χ3n) is 4.34. The number of allylic oxidation sites excluding steroid dienone is 4. The van der Waals surface area contributed by atoms with Gasteiger partial charge in [-0.05, 0) is 36.3 Å². The van der Waals surface area contributed by atoms with E-state index in [1.54, 1.807) is 6.07 Å². The Bertz CT molecular complexity index is 777. The van der Waals surface area contributed by atoms with Gasteiger partial charge in [0.15, 0.2) is 9.84 Å². The van der Waals surface area contributed by atoms with E-state index >= 15 is 0 Å². The summed E-state index contributed by atoms with van der Waals surface area (Å²) in [6, 6.07) is 1.59. The first-order valence-electron chi connectivity index (χ1n) is 7.29. The number of rotatable bonds is 3. The molecule has 1 aromatic rings. The first kappa shape index (κ1) is 16.2. The molecule has 1 heterocycles. The van der Waals surface area contributed by atoms with Gasteiger partial charge in [-0.15, -0.1) is 0 Å². The van der Waals surface area contributed by atoms with E-state index < -0.39 is 21.6 Å². The van der Waals surface area contributed by atoms with Crippen molar-refractivity contribution in [2.75, 3.05) is 6.26 Å². The van der Waals surface area contributed by atoms with Gasteiger partial charge in [-0.2, -0.15) is 13.2 Å². The first-order chi connectivity index (χ1) is 10.7. The zero-order chi connectivity index (χ0) is 16.8. The Morgan fingerprint density at radius 3 is 2.52 bits per heavy atom. The van der Waals surface area contributed by atoms with Gasteiger partial charge in [0, 0.05) is 24.6 Å². The molecule has 2 aliphatic carbocycles. The fourth-order valence-electron chi connectivity index (χ4n) is 3.09. The maximum Gasteiger partial charge on any atom is 0.416 e. The van der Waals surface area contributed by atoms with Crippen LogP contribution in [0, 0.1) is 11.8 Å². The molecule has 23 heavy (non-hydrogen) atoms. The van der Waals surface area contributed by atoms with E-state index in [4.69, 9.17) is 0 Å². The number of hydrogen-bond acceptors (Lipinski definition) is 3. The summed E-state index contributed by atoms with van der Waals surface area (Å²) in [4.78, 5) is 3.93. The van der Waals surface area contributed by atoms with Gasteiger partial charge in [-0.3, -0.25) is 4.98 Å². The summed E-state index contributed by atoms with van der Waals surface area (Å²) in [6.07, 6.45) is 4.98. The molecule has 2 atom stereocenters. The largest absolute Gasteiger partial charge is 0.416 e. The predicted molar refractivity (Wildman–Crippen MR) is 79.6 cm³/mol. The van der Waals surface area contributed by atoms with Gasteiger partial charge in [0.1, 0.15) is 0 Å². The average Bonchev–Trinajstić information content (AvgIpc) is 3.29. The number of nitrogens with zero attached hydrogens (tertiary/aromatic N) is 1. The molecule has 0 bridgehead atoms. The van der Waals surface area contributed by atoms with Gasteiger partial charge in [-0.25, -0.2) is 8.42 Å². The highest BCUT2D eigenvalue weighted by molar-refractivity contribution is 7.90. The minimum atomic E-state index is -4.38. The molecule has 0 spiro atoms. The zero-order valence-corrected chi connectivity index (χ0v) is 13.2. The molecule has 0 saturated heterocycles. The normalized spacial score (nSPS) is 25.3. The Morgan fingerprint density at radius 1 is 1.26 bits per heavy atom. The smallest absolute Gasteiger partial charge is 0.263 e. The van der Waals surface area contributed by atoms with Crippen molar-refractivity contribution in [1.82, 2.24) is 4.98 Å². The highest BCUT2D eigenvalue weighted by Gasteiger charge is 2.42. The standard InChI is InChI=1S/C16H16F3NO2S/c1-23(21,22)15-9-20-7-6-13(15)12-5-4-11(16(17,18)19)8-14(12)10-2-3-10/h4-10,12,14H,2-3H2,1H3. The van der Waals surface area contributed by atoms with E-state index in [9.17, 15) is 21.6 Å². The minimum absolute atomic E-state index is 0.0872. The van der Waals surface area contributed by atoms with Crippen LogP contribution in [-0.4, -0.2) is 25.8 Å². The van der Waals surface area contributed by atoms with Crippen LogP contribution in [-0.2, 0) is 9.84 Å². The van der Waals surface area contributed by atoms with Crippen LogP contribution in [0.4, 0.5) is 13.2 Å². The van der Waals surface area contributed by atoms with Crippen molar-refractivity contribution in [3.05, 3.63) is 47.8 Å². The van der Waals surface area contributed by atoms with E-state index in [1.807, 2.05) is 0 Å². The van der Waals surface area contributed by atoms with Crippen molar-refractivity contribution in [2.24, 2.45) is 11.8 Å². The lowest BCUT2D eigenvalue weighted by Crippen LogP contribution is -2.21. The summed E-state index contributed by atoms with van der Waals surface area (Å²) in [5, 5.41) is 0.